The smallest absolute Gasteiger partial charge is 0.0826 e. The standard InChI is InChI=1S/C10H20N2O/c1-12-8-2-3-9(12)10(13)4-6-11-7-5-10/h9,11,13H,2-8H2,1H3. The van der Waals surface area contributed by atoms with Gasteiger partial charge in [-0.1, -0.05) is 0 Å². The lowest BCUT2D eigenvalue weighted by molar-refractivity contribution is -0.0491. The van der Waals surface area contributed by atoms with E-state index in [1.165, 1.54) is 12.8 Å². The van der Waals surface area contributed by atoms with Gasteiger partial charge in [-0.15, -0.1) is 0 Å². The van der Waals surface area contributed by atoms with Crippen molar-refractivity contribution in [2.24, 2.45) is 0 Å². The lowest BCUT2D eigenvalue weighted by atomic mass is 9.84. The summed E-state index contributed by atoms with van der Waals surface area (Å²) >= 11 is 0. The van der Waals surface area contributed by atoms with E-state index >= 15 is 0 Å². The fourth-order valence-electron chi connectivity index (χ4n) is 2.78. The molecule has 0 aromatic carbocycles. The van der Waals surface area contributed by atoms with Gasteiger partial charge in [-0.3, -0.25) is 0 Å². The largest absolute Gasteiger partial charge is 0.388 e. The first-order valence-corrected chi connectivity index (χ1v) is 5.36. The molecule has 0 bridgehead atoms. The molecule has 2 saturated heterocycles. The molecule has 0 saturated carbocycles. The second-order valence-corrected chi connectivity index (χ2v) is 4.49. The summed E-state index contributed by atoms with van der Waals surface area (Å²) in [4.78, 5) is 2.32. The van der Waals surface area contributed by atoms with Gasteiger partial charge in [-0.25, -0.2) is 0 Å². The van der Waals surface area contributed by atoms with E-state index in [9.17, 15) is 5.11 Å². The van der Waals surface area contributed by atoms with Crippen molar-refractivity contribution in [1.82, 2.24) is 10.2 Å². The molecule has 2 N–H and O–H groups in total. The highest BCUT2D eigenvalue weighted by Crippen LogP contribution is 2.31. The SMILES string of the molecule is CN1CCCC1C1(O)CCNCC1. The Balaban J connectivity index is 2.03. The van der Waals surface area contributed by atoms with E-state index < -0.39 is 5.60 Å². The van der Waals surface area contributed by atoms with E-state index in [0.29, 0.717) is 6.04 Å². The number of nitrogens with zero attached hydrogens (tertiary/aromatic N) is 1. The van der Waals surface area contributed by atoms with Crippen molar-refractivity contribution in [2.75, 3.05) is 26.7 Å². The number of nitrogens with one attached hydrogen (secondary N) is 1. The van der Waals surface area contributed by atoms with Gasteiger partial charge in [0.25, 0.3) is 0 Å². The zero-order valence-corrected chi connectivity index (χ0v) is 8.42. The molecule has 0 aromatic heterocycles. The predicted octanol–water partition coefficient (Wildman–Crippen LogP) is 0.195. The molecule has 13 heavy (non-hydrogen) atoms. The Hall–Kier alpha value is -0.120. The number of likely N-dealkylation sites (N-methyl/N-ethyl adjacent to an activating group) is 1. The third-order valence-electron chi connectivity index (χ3n) is 3.61. The van der Waals surface area contributed by atoms with Crippen LogP contribution < -0.4 is 5.32 Å². The van der Waals surface area contributed by atoms with Gasteiger partial charge in [0.2, 0.25) is 0 Å². The summed E-state index contributed by atoms with van der Waals surface area (Å²) in [5, 5.41) is 13.8. The highest BCUT2D eigenvalue weighted by Gasteiger charge is 2.41. The van der Waals surface area contributed by atoms with E-state index in [1.807, 2.05) is 0 Å². The van der Waals surface area contributed by atoms with Crippen LogP contribution in [0.4, 0.5) is 0 Å². The monoisotopic (exact) mass is 184 g/mol. The minimum absolute atomic E-state index is 0.406. The van der Waals surface area contributed by atoms with Crippen LogP contribution in [0.2, 0.25) is 0 Å². The van der Waals surface area contributed by atoms with E-state index in [0.717, 1.165) is 32.5 Å². The van der Waals surface area contributed by atoms with E-state index in [1.54, 1.807) is 0 Å². The minimum Gasteiger partial charge on any atom is -0.388 e. The van der Waals surface area contributed by atoms with Crippen LogP contribution in [0.5, 0.6) is 0 Å². The fraction of sp³-hybridized carbons (Fsp3) is 1.00. The van der Waals surface area contributed by atoms with Crippen molar-refractivity contribution < 1.29 is 5.11 Å². The molecule has 2 heterocycles. The van der Waals surface area contributed by atoms with E-state index in [4.69, 9.17) is 0 Å². The Bertz CT molecular complexity index is 178. The highest BCUT2D eigenvalue weighted by molar-refractivity contribution is 4.97. The first-order valence-electron chi connectivity index (χ1n) is 5.36. The van der Waals surface area contributed by atoms with Crippen LogP contribution in [-0.2, 0) is 0 Å². The van der Waals surface area contributed by atoms with Crippen molar-refractivity contribution in [3.8, 4) is 0 Å². The summed E-state index contributed by atoms with van der Waals surface area (Å²) < 4.78 is 0. The second kappa shape index (κ2) is 3.56. The van der Waals surface area contributed by atoms with Crippen molar-refractivity contribution in [3.05, 3.63) is 0 Å². The Morgan fingerprint density at radius 1 is 1.38 bits per heavy atom. The number of hydrogen-bond acceptors (Lipinski definition) is 3. The molecule has 0 amide bonds. The summed E-state index contributed by atoms with van der Waals surface area (Å²) in [5.74, 6) is 0. The molecule has 0 aliphatic carbocycles. The Kier molecular flexibility index (Phi) is 2.58. The Labute approximate surface area is 80.1 Å². The first kappa shape index (κ1) is 9.44. The van der Waals surface area contributed by atoms with Gasteiger partial charge >= 0.3 is 0 Å². The molecule has 0 spiro atoms. The van der Waals surface area contributed by atoms with Crippen molar-refractivity contribution in [1.29, 1.82) is 0 Å². The predicted molar refractivity (Wildman–Crippen MR) is 52.7 cm³/mol. The lowest BCUT2D eigenvalue weighted by Crippen LogP contribution is -2.54. The maximum Gasteiger partial charge on any atom is 0.0826 e. The van der Waals surface area contributed by atoms with Crippen LogP contribution in [0, 0.1) is 0 Å². The quantitative estimate of drug-likeness (QED) is 0.611. The van der Waals surface area contributed by atoms with Crippen molar-refractivity contribution in [3.63, 3.8) is 0 Å². The molecular weight excluding hydrogens is 164 g/mol. The average Bonchev–Trinajstić information content (AvgIpc) is 2.53. The highest BCUT2D eigenvalue weighted by atomic mass is 16.3. The second-order valence-electron chi connectivity index (χ2n) is 4.49. The number of rotatable bonds is 1. The molecule has 2 aliphatic heterocycles. The van der Waals surface area contributed by atoms with Crippen molar-refractivity contribution >= 4 is 0 Å². The molecule has 0 radical (unpaired) electrons. The fourth-order valence-corrected chi connectivity index (χ4v) is 2.78. The number of piperidine rings is 1. The van der Waals surface area contributed by atoms with Crippen LogP contribution in [0.3, 0.4) is 0 Å². The van der Waals surface area contributed by atoms with Crippen LogP contribution in [0.1, 0.15) is 25.7 Å². The molecule has 1 unspecified atom stereocenters. The van der Waals surface area contributed by atoms with Gasteiger partial charge in [0.15, 0.2) is 0 Å². The summed E-state index contributed by atoms with van der Waals surface area (Å²) in [6, 6.07) is 0.412. The molecule has 2 rings (SSSR count). The van der Waals surface area contributed by atoms with Gasteiger partial charge in [0.1, 0.15) is 0 Å². The van der Waals surface area contributed by atoms with Crippen LogP contribution in [0.25, 0.3) is 0 Å². The van der Waals surface area contributed by atoms with Gasteiger partial charge in [0.05, 0.1) is 5.60 Å². The first-order chi connectivity index (χ1) is 6.22. The number of hydrogen-bond donors (Lipinski definition) is 2. The van der Waals surface area contributed by atoms with Gasteiger partial charge in [-0.2, -0.15) is 0 Å². The number of likely N-dealkylation sites (tertiary alicyclic amines) is 1. The normalized spacial score (nSPS) is 35.1. The summed E-state index contributed by atoms with van der Waals surface area (Å²) in [6.07, 6.45) is 4.26. The molecular formula is C10H20N2O. The molecule has 76 valence electrons. The molecule has 2 aliphatic rings. The Morgan fingerprint density at radius 3 is 2.62 bits per heavy atom. The molecule has 1 atom stereocenters. The molecule has 3 nitrogen and oxygen atoms in total. The van der Waals surface area contributed by atoms with Gasteiger partial charge in [0, 0.05) is 6.04 Å². The van der Waals surface area contributed by atoms with Crippen molar-refractivity contribution in [2.45, 2.75) is 37.3 Å². The molecule has 2 fully saturated rings. The average molecular weight is 184 g/mol. The topological polar surface area (TPSA) is 35.5 Å². The zero-order chi connectivity index (χ0) is 9.31. The summed E-state index contributed by atoms with van der Waals surface area (Å²) in [6.45, 7) is 3.10. The van der Waals surface area contributed by atoms with Crippen LogP contribution in [-0.4, -0.2) is 48.3 Å². The van der Waals surface area contributed by atoms with E-state index in [2.05, 4.69) is 17.3 Å². The zero-order valence-electron chi connectivity index (χ0n) is 8.42. The molecule has 3 heteroatoms. The van der Waals surface area contributed by atoms with Crippen LogP contribution in [0.15, 0.2) is 0 Å². The minimum atomic E-state index is -0.406. The van der Waals surface area contributed by atoms with E-state index in [-0.39, 0.29) is 0 Å². The lowest BCUT2D eigenvalue weighted by Gasteiger charge is -2.40. The van der Waals surface area contributed by atoms with Gasteiger partial charge in [-0.05, 0) is 52.4 Å². The molecule has 0 aromatic rings. The maximum absolute atomic E-state index is 10.5. The number of aliphatic hydroxyl groups is 1. The summed E-state index contributed by atoms with van der Waals surface area (Å²) in [5.41, 5.74) is -0.406. The summed E-state index contributed by atoms with van der Waals surface area (Å²) in [7, 11) is 2.14. The maximum atomic E-state index is 10.5. The van der Waals surface area contributed by atoms with Gasteiger partial charge < -0.3 is 15.3 Å². The third-order valence-corrected chi connectivity index (χ3v) is 3.61. The van der Waals surface area contributed by atoms with Crippen LogP contribution >= 0.6 is 0 Å². The third kappa shape index (κ3) is 1.73. The Morgan fingerprint density at radius 2 is 2.08 bits per heavy atom.